The highest BCUT2D eigenvalue weighted by atomic mass is 79.9. The van der Waals surface area contributed by atoms with Gasteiger partial charge in [0.25, 0.3) is 0 Å². The van der Waals surface area contributed by atoms with Crippen LogP contribution in [-0.2, 0) is 6.42 Å². The molecule has 3 heteroatoms. The molecule has 2 rings (SSSR count). The number of aryl methyl sites for hydroxylation is 1. The molecule has 0 radical (unpaired) electrons. The molecule has 1 heterocycles. The summed E-state index contributed by atoms with van der Waals surface area (Å²) in [4.78, 5) is 0. The first-order valence-corrected chi connectivity index (χ1v) is 8.47. The minimum Gasteiger partial charge on any atom is -0.454 e. The lowest BCUT2D eigenvalue weighted by Crippen LogP contribution is -1.93. The second-order valence-corrected chi connectivity index (χ2v) is 5.89. The third-order valence-corrected chi connectivity index (χ3v) is 4.10. The lowest BCUT2D eigenvalue weighted by Gasteiger charge is -2.04. The Morgan fingerprint density at radius 2 is 1.53 bits per heavy atom. The molecule has 0 atom stereocenters. The van der Waals surface area contributed by atoms with Crippen LogP contribution in [0.2, 0.25) is 0 Å². The van der Waals surface area contributed by atoms with Crippen LogP contribution in [0, 0.1) is 0 Å². The van der Waals surface area contributed by atoms with Gasteiger partial charge in [-0.25, -0.2) is 0 Å². The van der Waals surface area contributed by atoms with Crippen LogP contribution >= 0.6 is 15.9 Å². The van der Waals surface area contributed by atoms with Crippen LogP contribution in [0.5, 0.6) is 11.5 Å². The van der Waals surface area contributed by atoms with Crippen LogP contribution in [0.25, 0.3) is 0 Å². The van der Waals surface area contributed by atoms with Crippen LogP contribution < -0.4 is 9.47 Å². The molecule has 1 aliphatic rings. The molecule has 0 fully saturated rings. The zero-order valence-electron chi connectivity index (χ0n) is 11.5. The van der Waals surface area contributed by atoms with Crippen molar-refractivity contribution in [1.29, 1.82) is 0 Å². The highest BCUT2D eigenvalue weighted by Crippen LogP contribution is 2.32. The molecule has 1 aromatic carbocycles. The van der Waals surface area contributed by atoms with E-state index in [0.717, 1.165) is 23.2 Å². The van der Waals surface area contributed by atoms with E-state index < -0.39 is 0 Å². The number of hydrogen-bond acceptors (Lipinski definition) is 2. The Kier molecular flexibility index (Phi) is 6.55. The van der Waals surface area contributed by atoms with Crippen molar-refractivity contribution in [3.05, 3.63) is 23.8 Å². The average molecular weight is 327 g/mol. The third kappa shape index (κ3) is 5.06. The summed E-state index contributed by atoms with van der Waals surface area (Å²) in [5.41, 5.74) is 1.36. The molecule has 106 valence electrons. The van der Waals surface area contributed by atoms with Crippen molar-refractivity contribution in [3.8, 4) is 11.5 Å². The molecule has 0 unspecified atom stereocenters. The molecule has 0 saturated carbocycles. The summed E-state index contributed by atoms with van der Waals surface area (Å²) in [6, 6.07) is 6.31. The summed E-state index contributed by atoms with van der Waals surface area (Å²) in [5.74, 6) is 1.79. The van der Waals surface area contributed by atoms with Crippen molar-refractivity contribution < 1.29 is 9.47 Å². The van der Waals surface area contributed by atoms with Crippen LogP contribution in [0.1, 0.15) is 50.5 Å². The third-order valence-electron chi connectivity index (χ3n) is 3.54. The largest absolute Gasteiger partial charge is 0.454 e. The standard InChI is InChI=1S/C16H23BrO2/c17-11-7-5-3-1-2-4-6-8-14-9-10-15-16(12-14)19-13-18-15/h9-10,12H,1-8,11,13H2. The molecule has 0 aromatic heterocycles. The number of ether oxygens (including phenoxy) is 2. The first-order valence-electron chi connectivity index (χ1n) is 7.34. The maximum absolute atomic E-state index is 5.40. The normalized spacial score (nSPS) is 12.9. The molecule has 19 heavy (non-hydrogen) atoms. The molecular weight excluding hydrogens is 304 g/mol. The minimum atomic E-state index is 0.368. The first-order chi connectivity index (χ1) is 9.40. The van der Waals surface area contributed by atoms with Crippen molar-refractivity contribution in [3.63, 3.8) is 0 Å². The van der Waals surface area contributed by atoms with Crippen molar-refractivity contribution >= 4 is 15.9 Å². The van der Waals surface area contributed by atoms with Crippen LogP contribution in [-0.4, -0.2) is 12.1 Å². The SMILES string of the molecule is BrCCCCCCCCCc1ccc2c(c1)OCO2. The van der Waals surface area contributed by atoms with E-state index in [9.17, 15) is 0 Å². The molecular formula is C16H23BrO2. The molecule has 0 amide bonds. The average Bonchev–Trinajstić information content (AvgIpc) is 2.89. The maximum Gasteiger partial charge on any atom is 0.231 e. The number of hydrogen-bond donors (Lipinski definition) is 0. The molecule has 0 bridgehead atoms. The van der Waals surface area contributed by atoms with Gasteiger partial charge in [-0.05, 0) is 37.0 Å². The number of halogens is 1. The van der Waals surface area contributed by atoms with Crippen LogP contribution in [0.3, 0.4) is 0 Å². The Morgan fingerprint density at radius 1 is 0.842 bits per heavy atom. The number of unbranched alkanes of at least 4 members (excludes halogenated alkanes) is 6. The Hall–Kier alpha value is -0.700. The van der Waals surface area contributed by atoms with Gasteiger partial charge in [0.15, 0.2) is 11.5 Å². The summed E-state index contributed by atoms with van der Waals surface area (Å²) in [5, 5.41) is 1.15. The number of alkyl halides is 1. The summed E-state index contributed by atoms with van der Waals surface area (Å²) in [6.07, 6.45) is 10.6. The summed E-state index contributed by atoms with van der Waals surface area (Å²) in [6.45, 7) is 0.368. The van der Waals surface area contributed by atoms with Crippen molar-refractivity contribution in [2.45, 2.75) is 51.4 Å². The molecule has 0 saturated heterocycles. The van der Waals surface area contributed by atoms with Crippen LogP contribution in [0.15, 0.2) is 18.2 Å². The van der Waals surface area contributed by atoms with E-state index in [1.165, 1.54) is 50.5 Å². The van der Waals surface area contributed by atoms with Crippen molar-refractivity contribution in [2.75, 3.05) is 12.1 Å². The molecule has 2 nitrogen and oxygen atoms in total. The van der Waals surface area contributed by atoms with Gasteiger partial charge in [0, 0.05) is 5.33 Å². The van der Waals surface area contributed by atoms with E-state index >= 15 is 0 Å². The number of benzene rings is 1. The van der Waals surface area contributed by atoms with E-state index in [-0.39, 0.29) is 0 Å². The quantitative estimate of drug-likeness (QED) is 0.465. The fourth-order valence-corrected chi connectivity index (χ4v) is 2.80. The van der Waals surface area contributed by atoms with E-state index in [1.807, 2.05) is 6.07 Å². The zero-order chi connectivity index (χ0) is 13.3. The summed E-state index contributed by atoms with van der Waals surface area (Å²) >= 11 is 3.47. The highest BCUT2D eigenvalue weighted by molar-refractivity contribution is 9.09. The van der Waals surface area contributed by atoms with Gasteiger partial charge in [-0.2, -0.15) is 0 Å². The number of rotatable bonds is 9. The molecule has 0 spiro atoms. The second kappa shape index (κ2) is 8.47. The predicted octanol–water partition coefficient (Wildman–Crippen LogP) is 5.08. The van der Waals surface area contributed by atoms with Gasteiger partial charge in [-0.1, -0.05) is 54.1 Å². The molecule has 1 aromatic rings. The van der Waals surface area contributed by atoms with Gasteiger partial charge in [-0.3, -0.25) is 0 Å². The number of fused-ring (bicyclic) bond motifs is 1. The fourth-order valence-electron chi connectivity index (χ4n) is 2.40. The van der Waals surface area contributed by atoms with E-state index in [1.54, 1.807) is 0 Å². The lowest BCUT2D eigenvalue weighted by atomic mass is 10.0. The van der Waals surface area contributed by atoms with Crippen molar-refractivity contribution in [1.82, 2.24) is 0 Å². The van der Waals surface area contributed by atoms with Gasteiger partial charge in [-0.15, -0.1) is 0 Å². The molecule has 1 aliphatic heterocycles. The molecule has 0 aliphatic carbocycles. The van der Waals surface area contributed by atoms with Gasteiger partial charge >= 0.3 is 0 Å². The van der Waals surface area contributed by atoms with Gasteiger partial charge in [0.05, 0.1) is 0 Å². The van der Waals surface area contributed by atoms with E-state index in [2.05, 4.69) is 28.1 Å². The topological polar surface area (TPSA) is 18.5 Å². The van der Waals surface area contributed by atoms with Crippen LogP contribution in [0.4, 0.5) is 0 Å². The van der Waals surface area contributed by atoms with E-state index in [4.69, 9.17) is 9.47 Å². The summed E-state index contributed by atoms with van der Waals surface area (Å²) in [7, 11) is 0. The Morgan fingerprint density at radius 3 is 2.32 bits per heavy atom. The van der Waals surface area contributed by atoms with E-state index in [0.29, 0.717) is 6.79 Å². The maximum atomic E-state index is 5.40. The zero-order valence-corrected chi connectivity index (χ0v) is 13.1. The van der Waals surface area contributed by atoms with Gasteiger partial charge in [0.1, 0.15) is 0 Å². The van der Waals surface area contributed by atoms with Crippen molar-refractivity contribution in [2.24, 2.45) is 0 Å². The monoisotopic (exact) mass is 326 g/mol. The van der Waals surface area contributed by atoms with Gasteiger partial charge in [0.2, 0.25) is 6.79 Å². The Balaban J connectivity index is 1.56. The summed E-state index contributed by atoms with van der Waals surface area (Å²) < 4.78 is 10.7. The lowest BCUT2D eigenvalue weighted by molar-refractivity contribution is 0.174. The first kappa shape index (κ1) is 14.7. The highest BCUT2D eigenvalue weighted by Gasteiger charge is 2.12. The minimum absolute atomic E-state index is 0.368. The predicted molar refractivity (Wildman–Crippen MR) is 82.4 cm³/mol. The second-order valence-electron chi connectivity index (χ2n) is 5.10. The smallest absolute Gasteiger partial charge is 0.231 e. The molecule has 0 N–H and O–H groups in total. The van der Waals surface area contributed by atoms with Gasteiger partial charge < -0.3 is 9.47 Å². The Labute approximate surface area is 124 Å². The Bertz CT molecular complexity index is 379. The fraction of sp³-hybridized carbons (Fsp3) is 0.625.